The van der Waals surface area contributed by atoms with Crippen LogP contribution >= 0.6 is 12.6 Å². The van der Waals surface area contributed by atoms with Crippen LogP contribution in [-0.2, 0) is 19.1 Å². The van der Waals surface area contributed by atoms with Crippen LogP contribution in [0.3, 0.4) is 0 Å². The minimum atomic E-state index is -1.27. The van der Waals surface area contributed by atoms with Gasteiger partial charge in [0.2, 0.25) is 6.10 Å². The number of carboxylic acids is 1. The van der Waals surface area contributed by atoms with Crippen molar-refractivity contribution in [2.45, 2.75) is 83.5 Å². The molecule has 0 radical (unpaired) electrons. The van der Waals surface area contributed by atoms with Gasteiger partial charge in [-0.1, -0.05) is 6.92 Å². The summed E-state index contributed by atoms with van der Waals surface area (Å²) in [6.07, 6.45) is 7.30. The Morgan fingerprint density at radius 1 is 1.14 bits per heavy atom. The Kier molecular flexibility index (Phi) is 7.84. The molecule has 0 heterocycles. The van der Waals surface area contributed by atoms with Crippen molar-refractivity contribution >= 4 is 24.6 Å². The number of carboxylic acid groups (broad SMARTS) is 1. The molecule has 7 heteroatoms. The molecule has 4 bridgehead atoms. The zero-order valence-corrected chi connectivity index (χ0v) is 18.5. The Morgan fingerprint density at radius 2 is 1.61 bits per heavy atom. The number of ether oxygens (including phenoxy) is 2. The van der Waals surface area contributed by atoms with E-state index in [1.807, 2.05) is 0 Å². The molecule has 4 fully saturated rings. The molecular weight excluding hydrogens is 378 g/mol. The molecule has 0 spiro atoms. The first-order valence-corrected chi connectivity index (χ1v) is 11.0. The molecule has 0 aromatic rings. The minimum absolute atomic E-state index is 0.163. The van der Waals surface area contributed by atoms with Crippen LogP contribution in [0, 0.1) is 23.7 Å². The van der Waals surface area contributed by atoms with Crippen molar-refractivity contribution in [1.29, 1.82) is 0 Å². The number of hydrogen-bond donors (Lipinski definition) is 3. The van der Waals surface area contributed by atoms with Gasteiger partial charge in [-0.3, -0.25) is 4.79 Å². The van der Waals surface area contributed by atoms with Gasteiger partial charge < -0.3 is 20.3 Å². The Morgan fingerprint density at radius 3 is 1.93 bits per heavy atom. The highest BCUT2D eigenvalue weighted by Crippen LogP contribution is 2.54. The largest absolute Gasteiger partial charge is 0.478 e. The Balaban J connectivity index is 0.000000215. The number of aliphatic carboxylic acids is 1. The van der Waals surface area contributed by atoms with E-state index in [-0.39, 0.29) is 6.61 Å². The second-order valence-corrected chi connectivity index (χ2v) is 10.4. The molecule has 2 atom stereocenters. The highest BCUT2D eigenvalue weighted by Gasteiger charge is 2.48. The van der Waals surface area contributed by atoms with Crippen LogP contribution < -0.4 is 5.73 Å². The zero-order valence-electron chi connectivity index (χ0n) is 17.6. The van der Waals surface area contributed by atoms with Crippen LogP contribution in [0.5, 0.6) is 0 Å². The summed E-state index contributed by atoms with van der Waals surface area (Å²) in [6.45, 7) is 6.85. The summed E-state index contributed by atoms with van der Waals surface area (Å²) in [5.41, 5.74) is 6.14. The third-order valence-corrected chi connectivity index (χ3v) is 6.51. The monoisotopic (exact) mass is 415 g/mol. The molecule has 0 aromatic carbocycles. The molecule has 4 aliphatic rings. The first-order valence-electron chi connectivity index (χ1n) is 10.4. The molecule has 0 saturated heterocycles. The van der Waals surface area contributed by atoms with Crippen LogP contribution in [0.2, 0.25) is 0 Å². The van der Waals surface area contributed by atoms with Gasteiger partial charge in [0.05, 0.1) is 18.1 Å². The van der Waals surface area contributed by atoms with Crippen molar-refractivity contribution in [2.24, 2.45) is 29.4 Å². The quantitative estimate of drug-likeness (QED) is 0.455. The van der Waals surface area contributed by atoms with Crippen molar-refractivity contribution in [3.63, 3.8) is 0 Å². The van der Waals surface area contributed by atoms with E-state index >= 15 is 0 Å². The van der Waals surface area contributed by atoms with Gasteiger partial charge >= 0.3 is 11.9 Å². The van der Waals surface area contributed by atoms with Gasteiger partial charge in [0, 0.05) is 11.3 Å². The lowest BCUT2D eigenvalue weighted by Gasteiger charge is -2.55. The fourth-order valence-electron chi connectivity index (χ4n) is 4.99. The maximum absolute atomic E-state index is 11.4. The van der Waals surface area contributed by atoms with E-state index in [0.717, 1.165) is 17.8 Å². The summed E-state index contributed by atoms with van der Waals surface area (Å²) in [5, 5.41) is 8.90. The average Bonchev–Trinajstić information content (AvgIpc) is 2.54. The van der Waals surface area contributed by atoms with Crippen molar-refractivity contribution in [1.82, 2.24) is 0 Å². The smallest absolute Gasteiger partial charge is 0.347 e. The van der Waals surface area contributed by atoms with E-state index in [1.165, 1.54) is 38.5 Å². The number of nitrogens with two attached hydrogens (primary N) is 1. The van der Waals surface area contributed by atoms with Crippen molar-refractivity contribution in [2.75, 3.05) is 12.4 Å². The summed E-state index contributed by atoms with van der Waals surface area (Å²) in [7, 11) is 0. The number of carbonyl (C=O) groups excluding carboxylic acids is 1. The summed E-state index contributed by atoms with van der Waals surface area (Å²) in [4.78, 5) is 22.3. The molecule has 4 rings (SSSR count). The summed E-state index contributed by atoms with van der Waals surface area (Å²) in [5.74, 6) is 1.14. The first-order chi connectivity index (χ1) is 12.9. The van der Waals surface area contributed by atoms with E-state index < -0.39 is 29.6 Å². The fraction of sp³-hybridized carbons (Fsp3) is 0.905. The lowest BCUT2D eigenvalue weighted by molar-refractivity contribution is -0.173. The number of hydrogen-bond acceptors (Lipinski definition) is 6. The molecule has 0 amide bonds. The molecule has 0 aromatic heterocycles. The molecule has 4 saturated carbocycles. The molecule has 1 unspecified atom stereocenters. The lowest BCUT2D eigenvalue weighted by Crippen LogP contribution is -2.55. The van der Waals surface area contributed by atoms with Gasteiger partial charge in [-0.05, 0) is 77.0 Å². The maximum Gasteiger partial charge on any atom is 0.347 e. The topological polar surface area (TPSA) is 98.8 Å². The molecule has 0 aliphatic heterocycles. The van der Waals surface area contributed by atoms with Gasteiger partial charge in [0.1, 0.15) is 0 Å². The van der Waals surface area contributed by atoms with Gasteiger partial charge in [-0.15, -0.1) is 0 Å². The molecule has 4 aliphatic carbocycles. The van der Waals surface area contributed by atoms with Gasteiger partial charge in [0.15, 0.2) is 0 Å². The molecule has 162 valence electrons. The third-order valence-electron chi connectivity index (χ3n) is 5.96. The Labute approximate surface area is 174 Å². The van der Waals surface area contributed by atoms with Crippen molar-refractivity contribution in [3.05, 3.63) is 0 Å². The predicted molar refractivity (Wildman–Crippen MR) is 111 cm³/mol. The normalized spacial score (nSPS) is 32.9. The molecule has 28 heavy (non-hydrogen) atoms. The number of rotatable bonds is 6. The summed E-state index contributed by atoms with van der Waals surface area (Å²) < 4.78 is 10.1. The minimum Gasteiger partial charge on any atom is -0.478 e. The van der Waals surface area contributed by atoms with Crippen LogP contribution in [0.25, 0.3) is 0 Å². The predicted octanol–water partition coefficient (Wildman–Crippen LogP) is 3.28. The maximum atomic E-state index is 11.4. The first kappa shape index (κ1) is 23.5. The van der Waals surface area contributed by atoms with Crippen molar-refractivity contribution in [3.8, 4) is 0 Å². The average molecular weight is 416 g/mol. The SMILES string of the molecule is C[C@H](CS)C(=O)OC(COC(C)(C)C)C(=O)O.NC12CC3CC(CC(C3)C1)C2. The van der Waals surface area contributed by atoms with E-state index in [0.29, 0.717) is 11.3 Å². The van der Waals surface area contributed by atoms with Crippen molar-refractivity contribution < 1.29 is 24.2 Å². The molecule has 6 nitrogen and oxygen atoms in total. The standard InChI is InChI=1S/C11H20O5S.C10H17N/c1-7(6-17)10(14)16-8(9(12)13)5-15-11(2,3)4;11-10-4-7-1-8(5-10)3-9(2-7)6-10/h7-8,17H,5-6H2,1-4H3,(H,12,13);7-9H,1-6,11H2/t7-,8?;/m1./s1. The lowest BCUT2D eigenvalue weighted by atomic mass is 9.53. The summed E-state index contributed by atoms with van der Waals surface area (Å²) >= 11 is 3.95. The second-order valence-electron chi connectivity index (χ2n) is 10.1. The van der Waals surface area contributed by atoms with Crippen LogP contribution in [-0.4, -0.2) is 46.6 Å². The Hall–Kier alpha value is -0.790. The highest BCUT2D eigenvalue weighted by molar-refractivity contribution is 7.80. The zero-order chi connectivity index (χ0) is 21.1. The third kappa shape index (κ3) is 6.92. The number of carbonyl (C=O) groups is 2. The van der Waals surface area contributed by atoms with Crippen LogP contribution in [0.1, 0.15) is 66.2 Å². The van der Waals surface area contributed by atoms with E-state index in [2.05, 4.69) is 12.6 Å². The number of esters is 1. The molecular formula is C21H37NO5S. The van der Waals surface area contributed by atoms with E-state index in [4.69, 9.17) is 20.3 Å². The van der Waals surface area contributed by atoms with Gasteiger partial charge in [-0.25, -0.2) is 4.79 Å². The van der Waals surface area contributed by atoms with Gasteiger partial charge in [-0.2, -0.15) is 12.6 Å². The van der Waals surface area contributed by atoms with Gasteiger partial charge in [0.25, 0.3) is 0 Å². The summed E-state index contributed by atoms with van der Waals surface area (Å²) in [6, 6.07) is 0. The highest BCUT2D eigenvalue weighted by atomic mass is 32.1. The van der Waals surface area contributed by atoms with E-state index in [9.17, 15) is 9.59 Å². The van der Waals surface area contributed by atoms with E-state index in [1.54, 1.807) is 27.7 Å². The fourth-order valence-corrected chi connectivity index (χ4v) is 5.14. The van der Waals surface area contributed by atoms with Crippen LogP contribution in [0.4, 0.5) is 0 Å². The molecule has 3 N–H and O–H groups in total. The number of thiol groups is 1. The van der Waals surface area contributed by atoms with Crippen LogP contribution in [0.15, 0.2) is 0 Å². The Bertz CT molecular complexity index is 524. The second kappa shape index (κ2) is 9.35.